The first-order valence-corrected chi connectivity index (χ1v) is 7.33. The molecule has 0 aliphatic carbocycles. The number of nitrogens with two attached hydrogens (primary N) is 1. The number of aryl methyl sites for hydroxylation is 1. The number of benzene rings is 2. The highest BCUT2D eigenvalue weighted by atomic mass is 16.1. The Hall–Kier alpha value is -3.14. The van der Waals surface area contributed by atoms with E-state index in [-0.39, 0.29) is 5.78 Å². The summed E-state index contributed by atoms with van der Waals surface area (Å²) in [4.78, 5) is 17.0. The highest BCUT2D eigenvalue weighted by Crippen LogP contribution is 2.26. The van der Waals surface area contributed by atoms with Crippen molar-refractivity contribution in [1.29, 1.82) is 0 Å². The third-order valence-electron chi connectivity index (χ3n) is 3.55. The van der Waals surface area contributed by atoms with Crippen molar-refractivity contribution < 1.29 is 4.79 Å². The molecule has 23 heavy (non-hydrogen) atoms. The molecule has 4 nitrogen and oxygen atoms in total. The van der Waals surface area contributed by atoms with Crippen molar-refractivity contribution in [2.45, 2.75) is 6.92 Å². The number of pyridine rings is 1. The van der Waals surface area contributed by atoms with Crippen LogP contribution in [-0.4, -0.2) is 10.8 Å². The third-order valence-corrected chi connectivity index (χ3v) is 3.55. The quantitative estimate of drug-likeness (QED) is 0.716. The highest BCUT2D eigenvalue weighted by Gasteiger charge is 2.13. The molecule has 0 radical (unpaired) electrons. The number of hydrogen-bond donors (Lipinski definition) is 2. The lowest BCUT2D eigenvalue weighted by molar-refractivity contribution is 0.103. The van der Waals surface area contributed by atoms with Crippen molar-refractivity contribution >= 4 is 22.8 Å². The summed E-state index contributed by atoms with van der Waals surface area (Å²) in [6.07, 6.45) is 1.68. The lowest BCUT2D eigenvalue weighted by Crippen LogP contribution is -2.06. The topological polar surface area (TPSA) is 68.0 Å². The number of nitrogens with one attached hydrogen (secondary N) is 1. The molecular weight excluding hydrogens is 286 g/mol. The largest absolute Gasteiger partial charge is 0.397 e. The molecule has 2 aromatic carbocycles. The molecule has 4 heteroatoms. The summed E-state index contributed by atoms with van der Waals surface area (Å²) in [7, 11) is 0. The minimum atomic E-state index is -0.0349. The van der Waals surface area contributed by atoms with Crippen LogP contribution in [0, 0.1) is 6.92 Å². The van der Waals surface area contributed by atoms with E-state index in [1.165, 1.54) is 0 Å². The van der Waals surface area contributed by atoms with Crippen LogP contribution in [-0.2, 0) is 0 Å². The van der Waals surface area contributed by atoms with Crippen molar-refractivity contribution in [1.82, 2.24) is 4.98 Å². The van der Waals surface area contributed by atoms with Gasteiger partial charge in [-0.25, -0.2) is 0 Å². The molecule has 3 aromatic rings. The fraction of sp³-hybridized carbons (Fsp3) is 0.0526. The van der Waals surface area contributed by atoms with Crippen LogP contribution in [0.4, 0.5) is 17.1 Å². The van der Waals surface area contributed by atoms with Crippen LogP contribution in [0.3, 0.4) is 0 Å². The maximum Gasteiger partial charge on any atom is 0.195 e. The number of rotatable bonds is 4. The molecule has 0 aliphatic rings. The zero-order valence-corrected chi connectivity index (χ0v) is 12.8. The number of aromatic nitrogens is 1. The maximum atomic E-state index is 12.7. The second kappa shape index (κ2) is 6.32. The van der Waals surface area contributed by atoms with Crippen molar-refractivity contribution in [3.8, 4) is 0 Å². The van der Waals surface area contributed by atoms with E-state index in [0.29, 0.717) is 28.2 Å². The Morgan fingerprint density at radius 2 is 1.70 bits per heavy atom. The summed E-state index contributed by atoms with van der Waals surface area (Å²) in [5.74, 6) is -0.0349. The number of anilines is 3. The van der Waals surface area contributed by atoms with E-state index < -0.39 is 0 Å². The van der Waals surface area contributed by atoms with E-state index in [4.69, 9.17) is 5.73 Å². The zero-order valence-electron chi connectivity index (χ0n) is 12.8. The van der Waals surface area contributed by atoms with Crippen LogP contribution in [0.5, 0.6) is 0 Å². The van der Waals surface area contributed by atoms with Crippen LogP contribution in [0.25, 0.3) is 0 Å². The molecule has 114 valence electrons. The van der Waals surface area contributed by atoms with Gasteiger partial charge in [-0.1, -0.05) is 42.5 Å². The van der Waals surface area contributed by atoms with Gasteiger partial charge in [0.25, 0.3) is 0 Å². The van der Waals surface area contributed by atoms with Gasteiger partial charge < -0.3 is 11.1 Å². The van der Waals surface area contributed by atoms with Gasteiger partial charge in [0.05, 0.1) is 17.6 Å². The van der Waals surface area contributed by atoms with Crippen molar-refractivity contribution in [3.63, 3.8) is 0 Å². The molecule has 3 N–H and O–H groups in total. The lowest BCUT2D eigenvalue weighted by Gasteiger charge is -2.13. The molecule has 0 bridgehead atoms. The predicted octanol–water partition coefficient (Wildman–Crippen LogP) is 3.95. The number of nitrogens with zero attached hydrogens (tertiary/aromatic N) is 1. The number of para-hydroxylation sites is 1. The van der Waals surface area contributed by atoms with Crippen LogP contribution < -0.4 is 11.1 Å². The van der Waals surface area contributed by atoms with Gasteiger partial charge in [0, 0.05) is 22.5 Å². The SMILES string of the molecule is Cc1cc(N)c(Nc2ccccc2C(=O)c2ccccc2)cn1. The standard InChI is InChI=1S/C19H17N3O/c1-13-11-16(20)18(12-21-13)22-17-10-6-5-9-15(17)19(23)14-7-3-2-4-8-14/h2-12,22H,1H3,(H2,20,21). The van der Waals surface area contributed by atoms with E-state index >= 15 is 0 Å². The number of ketones is 1. The van der Waals surface area contributed by atoms with E-state index in [0.717, 1.165) is 5.69 Å². The van der Waals surface area contributed by atoms with E-state index in [9.17, 15) is 4.79 Å². The van der Waals surface area contributed by atoms with Gasteiger partial charge >= 0.3 is 0 Å². The van der Waals surface area contributed by atoms with Gasteiger partial charge in [0.15, 0.2) is 5.78 Å². The Labute approximate surface area is 135 Å². The Morgan fingerprint density at radius 3 is 2.43 bits per heavy atom. The molecule has 1 heterocycles. The van der Waals surface area contributed by atoms with E-state index in [1.54, 1.807) is 30.5 Å². The Bertz CT molecular complexity index is 844. The highest BCUT2D eigenvalue weighted by molar-refractivity contribution is 6.12. The second-order valence-corrected chi connectivity index (χ2v) is 5.28. The smallest absolute Gasteiger partial charge is 0.195 e. The summed E-state index contributed by atoms with van der Waals surface area (Å²) in [5, 5.41) is 3.21. The van der Waals surface area contributed by atoms with Crippen molar-refractivity contribution in [2.75, 3.05) is 11.1 Å². The zero-order chi connectivity index (χ0) is 16.2. The summed E-state index contributed by atoms with van der Waals surface area (Å²) < 4.78 is 0. The van der Waals surface area contributed by atoms with Crippen LogP contribution in [0.1, 0.15) is 21.6 Å². The van der Waals surface area contributed by atoms with Gasteiger partial charge in [-0.05, 0) is 25.1 Å². The van der Waals surface area contributed by atoms with Crippen LogP contribution in [0.15, 0.2) is 66.9 Å². The lowest BCUT2D eigenvalue weighted by atomic mass is 10.0. The Morgan fingerprint density at radius 1 is 1.00 bits per heavy atom. The molecule has 0 fully saturated rings. The van der Waals surface area contributed by atoms with Gasteiger partial charge in [0.2, 0.25) is 0 Å². The Kier molecular flexibility index (Phi) is 4.06. The normalized spacial score (nSPS) is 10.3. The minimum absolute atomic E-state index is 0.0349. The van der Waals surface area contributed by atoms with Crippen molar-refractivity contribution in [3.05, 3.63) is 83.7 Å². The monoisotopic (exact) mass is 303 g/mol. The first kappa shape index (κ1) is 14.8. The first-order valence-electron chi connectivity index (χ1n) is 7.33. The number of carbonyl (C=O) groups is 1. The first-order chi connectivity index (χ1) is 11.1. The molecule has 0 atom stereocenters. The maximum absolute atomic E-state index is 12.7. The van der Waals surface area contributed by atoms with Gasteiger partial charge in [0.1, 0.15) is 0 Å². The van der Waals surface area contributed by atoms with Crippen LogP contribution in [0.2, 0.25) is 0 Å². The predicted molar refractivity (Wildman–Crippen MR) is 93.0 cm³/mol. The fourth-order valence-electron chi connectivity index (χ4n) is 2.37. The van der Waals surface area contributed by atoms with Gasteiger partial charge in [-0.2, -0.15) is 0 Å². The van der Waals surface area contributed by atoms with Crippen molar-refractivity contribution in [2.24, 2.45) is 0 Å². The van der Waals surface area contributed by atoms with Gasteiger partial charge in [-0.15, -0.1) is 0 Å². The summed E-state index contributed by atoms with van der Waals surface area (Å²) in [6, 6.07) is 18.4. The summed E-state index contributed by atoms with van der Waals surface area (Å²) >= 11 is 0. The molecule has 0 saturated carbocycles. The van der Waals surface area contributed by atoms with Gasteiger partial charge in [-0.3, -0.25) is 9.78 Å². The number of nitrogen functional groups attached to an aromatic ring is 1. The van der Waals surface area contributed by atoms with E-state index in [2.05, 4.69) is 10.3 Å². The fourth-order valence-corrected chi connectivity index (χ4v) is 2.37. The molecular formula is C19H17N3O. The third kappa shape index (κ3) is 3.21. The summed E-state index contributed by atoms with van der Waals surface area (Å²) in [6.45, 7) is 1.88. The molecule has 1 aromatic heterocycles. The molecule has 3 rings (SSSR count). The average Bonchev–Trinajstić information content (AvgIpc) is 2.58. The summed E-state index contributed by atoms with van der Waals surface area (Å²) in [5.41, 5.74) is 10.1. The van der Waals surface area contributed by atoms with Crippen LogP contribution >= 0.6 is 0 Å². The second-order valence-electron chi connectivity index (χ2n) is 5.28. The molecule has 0 unspecified atom stereocenters. The molecule has 0 saturated heterocycles. The number of carbonyl (C=O) groups excluding carboxylic acids is 1. The Balaban J connectivity index is 1.97. The molecule has 0 aliphatic heterocycles. The average molecular weight is 303 g/mol. The minimum Gasteiger partial charge on any atom is -0.397 e. The molecule has 0 spiro atoms. The van der Waals surface area contributed by atoms with E-state index in [1.807, 2.05) is 43.3 Å². The number of hydrogen-bond acceptors (Lipinski definition) is 4. The molecule has 0 amide bonds.